The van der Waals surface area contributed by atoms with E-state index in [-0.39, 0.29) is 0 Å². The molecule has 4 heterocycles. The van der Waals surface area contributed by atoms with Crippen LogP contribution in [-0.2, 0) is 0 Å². The minimum atomic E-state index is -2.78. The monoisotopic (exact) mass is 408 g/mol. The number of alkyl halides is 2. The smallest absolute Gasteiger partial charge is 0.265 e. The number of halogens is 2. The predicted octanol–water partition coefficient (Wildman–Crippen LogP) is 5.26. The lowest BCUT2D eigenvalue weighted by Gasteiger charge is -2.40. The highest BCUT2D eigenvalue weighted by Gasteiger charge is 2.40. The summed E-state index contributed by atoms with van der Waals surface area (Å²) in [7, 11) is 0. The lowest BCUT2D eigenvalue weighted by molar-refractivity contribution is -0.0153. The Hall–Kier alpha value is -3.29. The van der Waals surface area contributed by atoms with E-state index in [1.54, 1.807) is 17.3 Å². The van der Waals surface area contributed by atoms with E-state index >= 15 is 0 Å². The van der Waals surface area contributed by atoms with Crippen LogP contribution in [0.3, 0.4) is 0 Å². The van der Waals surface area contributed by atoms with Crippen molar-refractivity contribution >= 4 is 39.1 Å². The van der Waals surface area contributed by atoms with Gasteiger partial charge in [-0.2, -0.15) is 5.10 Å². The molecule has 1 aliphatic rings. The molecule has 0 radical (unpaired) electrons. The van der Waals surface area contributed by atoms with Gasteiger partial charge in [0.1, 0.15) is 11.3 Å². The summed E-state index contributed by atoms with van der Waals surface area (Å²) in [6.45, 7) is 1.59. The maximum absolute atomic E-state index is 14.3. The van der Waals surface area contributed by atoms with Gasteiger partial charge < -0.3 is 10.2 Å². The van der Waals surface area contributed by atoms with E-state index < -0.39 is 12.0 Å². The number of hydrogen-bond donors (Lipinski definition) is 2. The molecular formula is C22H22F2N6. The topological polar surface area (TPSA) is 69.7 Å². The molecular weight excluding hydrogens is 386 g/mol. The van der Waals surface area contributed by atoms with Crippen LogP contribution in [0.5, 0.6) is 0 Å². The van der Waals surface area contributed by atoms with Gasteiger partial charge in [0.2, 0.25) is 0 Å². The third-order valence-electron chi connectivity index (χ3n) is 5.69. The van der Waals surface area contributed by atoms with Gasteiger partial charge in [0, 0.05) is 36.9 Å². The molecule has 1 atom stereocenters. The van der Waals surface area contributed by atoms with Gasteiger partial charge in [0.15, 0.2) is 5.82 Å². The molecule has 1 aliphatic heterocycles. The normalized spacial score (nSPS) is 17.6. The fourth-order valence-electron chi connectivity index (χ4n) is 4.26. The van der Waals surface area contributed by atoms with Crippen LogP contribution in [-0.4, -0.2) is 38.7 Å². The predicted molar refractivity (Wildman–Crippen MR) is 115 cm³/mol. The summed E-state index contributed by atoms with van der Waals surface area (Å²) in [5, 5.41) is 12.3. The van der Waals surface area contributed by atoms with Crippen LogP contribution in [0.2, 0.25) is 0 Å². The number of pyridine rings is 2. The number of rotatable bonds is 4. The molecule has 0 amide bonds. The van der Waals surface area contributed by atoms with Crippen molar-refractivity contribution in [3.05, 3.63) is 48.8 Å². The molecule has 4 aromatic rings. The molecule has 2 N–H and O–H groups in total. The average molecular weight is 408 g/mol. The largest absolute Gasteiger partial charge is 0.347 e. The average Bonchev–Trinajstić information content (AvgIpc) is 3.15. The first-order chi connectivity index (χ1) is 14.5. The summed E-state index contributed by atoms with van der Waals surface area (Å²) in [5.41, 5.74) is 2.45. The zero-order valence-electron chi connectivity index (χ0n) is 16.6. The summed E-state index contributed by atoms with van der Waals surface area (Å²) < 4.78 is 28.5. The van der Waals surface area contributed by atoms with E-state index in [0.717, 1.165) is 47.3 Å². The molecule has 1 unspecified atom stereocenters. The number of piperidine rings is 1. The Bertz CT molecular complexity index is 1200. The molecule has 0 spiro atoms. The second kappa shape index (κ2) is 7.19. The van der Waals surface area contributed by atoms with Gasteiger partial charge in [-0.3, -0.25) is 10.1 Å². The van der Waals surface area contributed by atoms with Gasteiger partial charge in [0.25, 0.3) is 5.92 Å². The van der Waals surface area contributed by atoms with E-state index in [0.29, 0.717) is 24.6 Å². The zero-order chi connectivity index (χ0) is 20.7. The summed E-state index contributed by atoms with van der Waals surface area (Å²) in [6.07, 6.45) is 5.59. The van der Waals surface area contributed by atoms with Crippen molar-refractivity contribution in [3.63, 3.8) is 0 Å². The zero-order valence-corrected chi connectivity index (χ0v) is 16.6. The molecule has 1 aromatic carbocycles. The number of anilines is 3. The van der Waals surface area contributed by atoms with Gasteiger partial charge in [-0.25, -0.2) is 13.8 Å². The fraction of sp³-hybridized carbons (Fsp3) is 0.318. The van der Waals surface area contributed by atoms with Gasteiger partial charge in [0.05, 0.1) is 11.6 Å². The second-order valence-corrected chi connectivity index (χ2v) is 7.83. The number of aromatic nitrogens is 4. The molecule has 1 saturated heterocycles. The van der Waals surface area contributed by atoms with E-state index in [9.17, 15) is 8.78 Å². The first-order valence-electron chi connectivity index (χ1n) is 10.1. The highest BCUT2D eigenvalue weighted by molar-refractivity contribution is 5.95. The van der Waals surface area contributed by atoms with E-state index in [4.69, 9.17) is 0 Å². The van der Waals surface area contributed by atoms with Crippen molar-refractivity contribution in [2.24, 2.45) is 0 Å². The first-order valence-corrected chi connectivity index (χ1v) is 10.1. The Morgan fingerprint density at radius 2 is 2.03 bits per heavy atom. The Morgan fingerprint density at radius 3 is 2.90 bits per heavy atom. The number of nitrogens with one attached hydrogen (secondary N) is 2. The standard InChI is InChI=1S/C22H22F2N6/c1-22(23,24)18-6-2-3-12-30(18)21-16-8-7-15(13-14(16)9-11-26-21)27-20-19-17(28-29-20)5-4-10-25-19/h4-5,7-11,13,18H,2-3,6,12H2,1H3,(H2,27,28,29). The van der Waals surface area contributed by atoms with Crippen molar-refractivity contribution in [2.75, 3.05) is 16.8 Å². The van der Waals surface area contributed by atoms with E-state index in [1.165, 1.54) is 0 Å². The van der Waals surface area contributed by atoms with Crippen molar-refractivity contribution in [1.82, 2.24) is 20.2 Å². The quantitative estimate of drug-likeness (QED) is 0.482. The second-order valence-electron chi connectivity index (χ2n) is 7.83. The van der Waals surface area contributed by atoms with Crippen LogP contribution >= 0.6 is 0 Å². The van der Waals surface area contributed by atoms with Crippen molar-refractivity contribution in [2.45, 2.75) is 38.2 Å². The summed E-state index contributed by atoms with van der Waals surface area (Å²) in [4.78, 5) is 10.6. The van der Waals surface area contributed by atoms with Crippen LogP contribution in [0, 0.1) is 0 Å². The summed E-state index contributed by atoms with van der Waals surface area (Å²) in [5.74, 6) is -1.52. The van der Waals surface area contributed by atoms with Gasteiger partial charge in [-0.05, 0) is 61.0 Å². The maximum atomic E-state index is 14.3. The van der Waals surface area contributed by atoms with Crippen LogP contribution in [0.1, 0.15) is 26.2 Å². The Balaban J connectivity index is 1.51. The molecule has 0 aliphatic carbocycles. The molecule has 0 saturated carbocycles. The number of nitrogens with zero attached hydrogens (tertiary/aromatic N) is 4. The molecule has 6 nitrogen and oxygen atoms in total. The summed E-state index contributed by atoms with van der Waals surface area (Å²) >= 11 is 0. The maximum Gasteiger partial charge on any atom is 0.265 e. The van der Waals surface area contributed by atoms with Gasteiger partial charge >= 0.3 is 0 Å². The molecule has 8 heteroatoms. The van der Waals surface area contributed by atoms with E-state index in [1.807, 2.05) is 36.4 Å². The number of fused-ring (bicyclic) bond motifs is 2. The lowest BCUT2D eigenvalue weighted by Crippen LogP contribution is -2.49. The number of benzene rings is 1. The Kier molecular flexibility index (Phi) is 4.49. The molecule has 154 valence electrons. The third-order valence-corrected chi connectivity index (χ3v) is 5.69. The van der Waals surface area contributed by atoms with Gasteiger partial charge in [-0.1, -0.05) is 0 Å². The highest BCUT2D eigenvalue weighted by atomic mass is 19.3. The lowest BCUT2D eigenvalue weighted by atomic mass is 9.96. The number of hydrogen-bond acceptors (Lipinski definition) is 5. The fourth-order valence-corrected chi connectivity index (χ4v) is 4.26. The Labute approximate surface area is 172 Å². The molecule has 0 bridgehead atoms. The summed E-state index contributed by atoms with van der Waals surface area (Å²) in [6, 6.07) is 10.7. The van der Waals surface area contributed by atoms with Crippen molar-refractivity contribution in [3.8, 4) is 0 Å². The minimum absolute atomic E-state index is 0.473. The molecule has 3 aromatic heterocycles. The first kappa shape index (κ1) is 18.7. The van der Waals surface area contributed by atoms with Crippen LogP contribution < -0.4 is 10.2 Å². The highest BCUT2D eigenvalue weighted by Crippen LogP contribution is 2.36. The van der Waals surface area contributed by atoms with Crippen LogP contribution in [0.4, 0.5) is 26.1 Å². The molecule has 1 fully saturated rings. The van der Waals surface area contributed by atoms with Crippen LogP contribution in [0.25, 0.3) is 21.8 Å². The van der Waals surface area contributed by atoms with Gasteiger partial charge in [-0.15, -0.1) is 0 Å². The van der Waals surface area contributed by atoms with Crippen LogP contribution in [0.15, 0.2) is 48.8 Å². The third kappa shape index (κ3) is 3.32. The minimum Gasteiger partial charge on any atom is -0.347 e. The Morgan fingerprint density at radius 1 is 1.13 bits per heavy atom. The van der Waals surface area contributed by atoms with Crippen molar-refractivity contribution < 1.29 is 8.78 Å². The molecule has 30 heavy (non-hydrogen) atoms. The van der Waals surface area contributed by atoms with Crippen molar-refractivity contribution in [1.29, 1.82) is 0 Å². The molecule has 5 rings (SSSR count). The van der Waals surface area contributed by atoms with E-state index in [2.05, 4.69) is 25.5 Å². The number of H-pyrrole nitrogens is 1. The number of aromatic amines is 1. The SMILES string of the molecule is CC(F)(F)C1CCCCN1c1nccc2cc(Nc3n[nH]c4cccnc34)ccc12.